The number of hydrogen-bond donors (Lipinski definition) is 1. The second-order valence-electron chi connectivity index (χ2n) is 5.46. The fourth-order valence-electron chi connectivity index (χ4n) is 2.33. The highest BCUT2D eigenvalue weighted by atomic mass is 127. The molecule has 0 saturated heterocycles. The first-order valence-electron chi connectivity index (χ1n) is 8.24. The van der Waals surface area contributed by atoms with Gasteiger partial charge in [-0.1, -0.05) is 12.1 Å². The van der Waals surface area contributed by atoms with Crippen molar-refractivity contribution in [2.24, 2.45) is 4.99 Å². The molecule has 0 radical (unpaired) electrons. The molecule has 25 heavy (non-hydrogen) atoms. The van der Waals surface area contributed by atoms with Crippen molar-refractivity contribution >= 4 is 41.3 Å². The summed E-state index contributed by atoms with van der Waals surface area (Å²) < 4.78 is 5.55. The number of nitrogens with zero attached hydrogens (tertiary/aromatic N) is 3. The van der Waals surface area contributed by atoms with E-state index in [4.69, 9.17) is 9.73 Å². The summed E-state index contributed by atoms with van der Waals surface area (Å²) in [5.41, 5.74) is 2.21. The van der Waals surface area contributed by atoms with E-state index in [1.165, 1.54) is 0 Å². The summed E-state index contributed by atoms with van der Waals surface area (Å²) in [6.07, 6.45) is 0. The molecule has 1 aromatic heterocycles. The van der Waals surface area contributed by atoms with E-state index in [1.807, 2.05) is 39.1 Å². The molecule has 0 aliphatic rings. The molecule has 7 heteroatoms. The lowest BCUT2D eigenvalue weighted by Crippen LogP contribution is -2.38. The quantitative estimate of drug-likeness (QED) is 0.374. The Bertz CT molecular complexity index is 675. The van der Waals surface area contributed by atoms with Crippen LogP contribution in [0, 0.1) is 6.92 Å². The van der Waals surface area contributed by atoms with E-state index in [0.717, 1.165) is 41.1 Å². The average molecular weight is 474 g/mol. The highest BCUT2D eigenvalue weighted by Gasteiger charge is 2.08. The van der Waals surface area contributed by atoms with Gasteiger partial charge in [-0.15, -0.1) is 35.3 Å². The molecule has 0 saturated carbocycles. The van der Waals surface area contributed by atoms with E-state index >= 15 is 0 Å². The van der Waals surface area contributed by atoms with Crippen LogP contribution in [-0.4, -0.2) is 36.0 Å². The van der Waals surface area contributed by atoms with Gasteiger partial charge >= 0.3 is 0 Å². The zero-order valence-corrected chi connectivity index (χ0v) is 18.4. The molecule has 0 unspecified atom stereocenters. The highest BCUT2D eigenvalue weighted by Crippen LogP contribution is 2.14. The van der Waals surface area contributed by atoms with Crippen molar-refractivity contribution in [3.05, 3.63) is 45.9 Å². The third-order valence-corrected chi connectivity index (χ3v) is 4.21. The van der Waals surface area contributed by atoms with Crippen molar-refractivity contribution in [1.29, 1.82) is 0 Å². The number of halogens is 1. The standard InChI is InChI=1S/C18H26N4OS.HI/c1-5-19-18(22(4)12-16-13-24-14(3)21-16)20-11-15-8-7-9-17(10-15)23-6-2;/h7-10,13H,5-6,11-12H2,1-4H3,(H,19,20);1H. The molecule has 5 nitrogen and oxygen atoms in total. The van der Waals surface area contributed by atoms with E-state index < -0.39 is 0 Å². The molecule has 1 heterocycles. The maximum atomic E-state index is 5.55. The zero-order valence-electron chi connectivity index (χ0n) is 15.3. The molecule has 1 N–H and O–H groups in total. The van der Waals surface area contributed by atoms with Crippen molar-refractivity contribution in [3.8, 4) is 5.75 Å². The van der Waals surface area contributed by atoms with E-state index in [-0.39, 0.29) is 24.0 Å². The van der Waals surface area contributed by atoms with Crippen LogP contribution in [0.4, 0.5) is 0 Å². The number of nitrogens with one attached hydrogen (secondary N) is 1. The van der Waals surface area contributed by atoms with Gasteiger partial charge in [0, 0.05) is 19.0 Å². The molecular formula is C18H27IN4OS. The Morgan fingerprint density at radius 3 is 2.80 bits per heavy atom. The maximum absolute atomic E-state index is 5.55. The summed E-state index contributed by atoms with van der Waals surface area (Å²) in [4.78, 5) is 11.4. The number of benzene rings is 1. The number of aliphatic imine (C=N–C) groups is 1. The third kappa shape index (κ3) is 7.19. The highest BCUT2D eigenvalue weighted by molar-refractivity contribution is 14.0. The van der Waals surface area contributed by atoms with Crippen LogP contribution in [0.5, 0.6) is 5.75 Å². The van der Waals surface area contributed by atoms with Crippen LogP contribution in [0.15, 0.2) is 34.6 Å². The first kappa shape index (κ1) is 21.7. The maximum Gasteiger partial charge on any atom is 0.194 e. The van der Waals surface area contributed by atoms with Crippen LogP contribution in [0.1, 0.15) is 30.1 Å². The van der Waals surface area contributed by atoms with Crippen molar-refractivity contribution in [2.75, 3.05) is 20.2 Å². The van der Waals surface area contributed by atoms with Gasteiger partial charge in [-0.2, -0.15) is 0 Å². The van der Waals surface area contributed by atoms with Gasteiger partial charge in [0.15, 0.2) is 5.96 Å². The van der Waals surface area contributed by atoms with Crippen LogP contribution < -0.4 is 10.1 Å². The normalized spacial score (nSPS) is 11.0. The molecule has 0 aliphatic heterocycles. The Balaban J connectivity index is 0.00000312. The Morgan fingerprint density at radius 2 is 2.16 bits per heavy atom. The van der Waals surface area contributed by atoms with E-state index in [0.29, 0.717) is 13.2 Å². The summed E-state index contributed by atoms with van der Waals surface area (Å²) in [7, 11) is 2.03. The lowest BCUT2D eigenvalue weighted by atomic mass is 10.2. The zero-order chi connectivity index (χ0) is 17.4. The first-order chi connectivity index (χ1) is 11.6. The van der Waals surface area contributed by atoms with Crippen LogP contribution in [0.25, 0.3) is 0 Å². The second-order valence-corrected chi connectivity index (χ2v) is 6.53. The molecule has 1 aromatic carbocycles. The summed E-state index contributed by atoms with van der Waals surface area (Å²) in [5.74, 6) is 1.77. The average Bonchev–Trinajstić information content (AvgIpc) is 2.97. The number of aromatic nitrogens is 1. The second kappa shape index (κ2) is 11.3. The number of ether oxygens (including phenoxy) is 1. The van der Waals surface area contributed by atoms with E-state index in [1.54, 1.807) is 11.3 Å². The third-order valence-electron chi connectivity index (χ3n) is 3.38. The van der Waals surface area contributed by atoms with E-state index in [9.17, 15) is 0 Å². The minimum Gasteiger partial charge on any atom is -0.494 e. The van der Waals surface area contributed by atoms with Crippen LogP contribution in [0.3, 0.4) is 0 Å². The van der Waals surface area contributed by atoms with Crippen LogP contribution >= 0.6 is 35.3 Å². The van der Waals surface area contributed by atoms with Crippen molar-refractivity contribution in [3.63, 3.8) is 0 Å². The lowest BCUT2D eigenvalue weighted by molar-refractivity contribution is 0.340. The number of guanidine groups is 1. The molecule has 0 spiro atoms. The van der Waals surface area contributed by atoms with Gasteiger partial charge in [-0.3, -0.25) is 0 Å². The summed E-state index contributed by atoms with van der Waals surface area (Å²) >= 11 is 1.68. The molecule has 0 aliphatic carbocycles. The number of aryl methyl sites for hydroxylation is 1. The van der Waals surface area contributed by atoms with Gasteiger partial charge in [0.25, 0.3) is 0 Å². The minimum absolute atomic E-state index is 0. The molecule has 0 bridgehead atoms. The van der Waals surface area contributed by atoms with Gasteiger partial charge in [0.2, 0.25) is 0 Å². The van der Waals surface area contributed by atoms with Gasteiger partial charge in [0.1, 0.15) is 5.75 Å². The van der Waals surface area contributed by atoms with Crippen molar-refractivity contribution in [2.45, 2.75) is 33.9 Å². The topological polar surface area (TPSA) is 49.8 Å². The Kier molecular flexibility index (Phi) is 9.81. The minimum atomic E-state index is 0. The van der Waals surface area contributed by atoms with Crippen LogP contribution in [0.2, 0.25) is 0 Å². The first-order valence-corrected chi connectivity index (χ1v) is 9.12. The monoisotopic (exact) mass is 474 g/mol. The fraction of sp³-hybridized carbons (Fsp3) is 0.444. The van der Waals surface area contributed by atoms with E-state index in [2.05, 4.69) is 33.6 Å². The summed E-state index contributed by atoms with van der Waals surface area (Å²) in [5, 5.41) is 6.53. The van der Waals surface area contributed by atoms with Gasteiger partial charge < -0.3 is 15.0 Å². The molecule has 138 valence electrons. The fourth-order valence-corrected chi connectivity index (χ4v) is 2.94. The molecule has 0 fully saturated rings. The Labute approximate surface area is 171 Å². The smallest absolute Gasteiger partial charge is 0.194 e. The van der Waals surface area contributed by atoms with Crippen LogP contribution in [-0.2, 0) is 13.1 Å². The van der Waals surface area contributed by atoms with Gasteiger partial charge in [-0.05, 0) is 38.5 Å². The Hall–Kier alpha value is -1.35. The molecule has 0 atom stereocenters. The number of thiazole rings is 1. The predicted octanol–water partition coefficient (Wildman–Crippen LogP) is 4.07. The number of rotatable bonds is 7. The van der Waals surface area contributed by atoms with Gasteiger partial charge in [-0.25, -0.2) is 9.98 Å². The van der Waals surface area contributed by atoms with Crippen molar-refractivity contribution in [1.82, 2.24) is 15.2 Å². The largest absolute Gasteiger partial charge is 0.494 e. The molecule has 2 rings (SSSR count). The predicted molar refractivity (Wildman–Crippen MR) is 116 cm³/mol. The number of hydrogen-bond acceptors (Lipinski definition) is 4. The SMILES string of the molecule is CCNC(=NCc1cccc(OCC)c1)N(C)Cc1csc(C)n1.I. The Morgan fingerprint density at radius 1 is 1.36 bits per heavy atom. The molecule has 0 amide bonds. The van der Waals surface area contributed by atoms with Crippen molar-refractivity contribution < 1.29 is 4.74 Å². The molecular weight excluding hydrogens is 447 g/mol. The lowest BCUT2D eigenvalue weighted by Gasteiger charge is -2.21. The summed E-state index contributed by atoms with van der Waals surface area (Å²) in [6, 6.07) is 8.09. The summed E-state index contributed by atoms with van der Waals surface area (Å²) in [6.45, 7) is 8.95. The van der Waals surface area contributed by atoms with Gasteiger partial charge in [0.05, 0.1) is 30.4 Å². The molecule has 2 aromatic rings.